The van der Waals surface area contributed by atoms with Crippen LogP contribution in [0.25, 0.3) is 0 Å². The number of amides is 1. The second kappa shape index (κ2) is 9.61. The summed E-state index contributed by atoms with van der Waals surface area (Å²) in [5.74, 6) is 0.432. The fourth-order valence-electron chi connectivity index (χ4n) is 1.94. The lowest BCUT2D eigenvalue weighted by molar-refractivity contribution is -0.115. The first-order valence-corrected chi connectivity index (χ1v) is 8.61. The third-order valence-electron chi connectivity index (χ3n) is 3.17. The van der Waals surface area contributed by atoms with Gasteiger partial charge in [0, 0.05) is 37.3 Å². The van der Waals surface area contributed by atoms with Crippen LogP contribution in [0.5, 0.6) is 0 Å². The molecule has 0 atom stereocenters. The minimum Gasteiger partial charge on any atom is -0.356 e. The van der Waals surface area contributed by atoms with Gasteiger partial charge in [-0.2, -0.15) is 0 Å². The molecule has 2 aromatic rings. The highest BCUT2D eigenvalue weighted by atomic mass is 32.1. The molecule has 0 aliphatic carbocycles. The van der Waals surface area contributed by atoms with Crippen molar-refractivity contribution in [2.45, 2.75) is 19.8 Å². The number of nitrogens with zero attached hydrogens (tertiary/aromatic N) is 3. The number of rotatable bonds is 7. The second-order valence-corrected chi connectivity index (χ2v) is 6.17. The van der Waals surface area contributed by atoms with Gasteiger partial charge < -0.3 is 16.0 Å². The molecule has 0 saturated heterocycles. The van der Waals surface area contributed by atoms with E-state index in [4.69, 9.17) is 0 Å². The molecule has 2 heterocycles. The smallest absolute Gasteiger partial charge is 0.243 e. The number of carbonyl (C=O) groups excluding carboxylic acids is 1. The monoisotopic (exact) mass is 346 g/mol. The molecule has 128 valence electrons. The van der Waals surface area contributed by atoms with Gasteiger partial charge in [0.1, 0.15) is 0 Å². The summed E-state index contributed by atoms with van der Waals surface area (Å²) in [5.41, 5.74) is 0.669. The fraction of sp³-hybridized carbons (Fsp3) is 0.375. The minimum atomic E-state index is -0.154. The van der Waals surface area contributed by atoms with Gasteiger partial charge in [-0.05, 0) is 18.6 Å². The molecule has 0 aromatic carbocycles. The predicted octanol–water partition coefficient (Wildman–Crippen LogP) is 1.45. The number of pyridine rings is 1. The van der Waals surface area contributed by atoms with E-state index in [0.29, 0.717) is 18.2 Å². The summed E-state index contributed by atoms with van der Waals surface area (Å²) in [7, 11) is 1.67. The third-order valence-corrected chi connectivity index (χ3v) is 4.37. The van der Waals surface area contributed by atoms with E-state index in [0.717, 1.165) is 17.8 Å². The van der Waals surface area contributed by atoms with Crippen LogP contribution in [0.4, 0.5) is 5.69 Å². The average Bonchev–Trinajstić information content (AvgIpc) is 3.07. The van der Waals surface area contributed by atoms with Crippen molar-refractivity contribution in [1.29, 1.82) is 0 Å². The van der Waals surface area contributed by atoms with Crippen molar-refractivity contribution in [2.24, 2.45) is 4.99 Å². The molecule has 0 aliphatic rings. The molecule has 3 N–H and O–H groups in total. The molecular weight excluding hydrogens is 324 g/mol. The van der Waals surface area contributed by atoms with Gasteiger partial charge in [-0.1, -0.05) is 6.92 Å². The van der Waals surface area contributed by atoms with Crippen molar-refractivity contribution in [3.8, 4) is 0 Å². The van der Waals surface area contributed by atoms with Crippen LogP contribution < -0.4 is 16.0 Å². The van der Waals surface area contributed by atoms with Crippen LogP contribution in [0, 0.1) is 0 Å². The van der Waals surface area contributed by atoms with Gasteiger partial charge in [-0.25, -0.2) is 4.98 Å². The van der Waals surface area contributed by atoms with Crippen LogP contribution in [0.2, 0.25) is 0 Å². The first-order chi connectivity index (χ1) is 11.7. The number of hydrogen-bond acceptors (Lipinski definition) is 5. The Kier molecular flexibility index (Phi) is 7.16. The number of guanidine groups is 1. The maximum Gasteiger partial charge on any atom is 0.243 e. The average molecular weight is 346 g/mol. The van der Waals surface area contributed by atoms with E-state index in [1.165, 1.54) is 4.88 Å². The Morgan fingerprint density at radius 2 is 2.21 bits per heavy atom. The highest BCUT2D eigenvalue weighted by molar-refractivity contribution is 7.11. The molecule has 2 rings (SSSR count). The molecule has 0 fully saturated rings. The van der Waals surface area contributed by atoms with E-state index in [1.807, 2.05) is 6.20 Å². The summed E-state index contributed by atoms with van der Waals surface area (Å²) in [6.45, 7) is 2.96. The molecule has 0 unspecified atom stereocenters. The number of carbonyl (C=O) groups is 1. The van der Waals surface area contributed by atoms with Crippen molar-refractivity contribution in [3.05, 3.63) is 40.6 Å². The van der Waals surface area contributed by atoms with Crippen molar-refractivity contribution >= 4 is 28.9 Å². The standard InChI is InChI=1S/C16H22N6OS/c1-3-13-10-20-15(24-13)6-8-19-16(17-2)21-11-14(23)22-12-5-4-7-18-9-12/h4-5,7,9-10H,3,6,8,11H2,1-2H3,(H,22,23)(H2,17,19,21). The summed E-state index contributed by atoms with van der Waals surface area (Å²) in [5, 5.41) is 10.0. The Labute approximate surface area is 145 Å². The van der Waals surface area contributed by atoms with Crippen molar-refractivity contribution in [3.63, 3.8) is 0 Å². The zero-order chi connectivity index (χ0) is 17.2. The Hall–Kier alpha value is -2.48. The molecule has 8 heteroatoms. The summed E-state index contributed by atoms with van der Waals surface area (Å²) in [6, 6.07) is 3.56. The summed E-state index contributed by atoms with van der Waals surface area (Å²) < 4.78 is 0. The Morgan fingerprint density at radius 1 is 1.33 bits per heavy atom. The topological polar surface area (TPSA) is 91.3 Å². The molecule has 7 nitrogen and oxygen atoms in total. The zero-order valence-corrected chi connectivity index (χ0v) is 14.7. The number of anilines is 1. The fourth-order valence-corrected chi connectivity index (χ4v) is 2.80. The van der Waals surface area contributed by atoms with Gasteiger partial charge >= 0.3 is 0 Å². The van der Waals surface area contributed by atoms with Crippen LogP contribution in [-0.4, -0.2) is 42.0 Å². The van der Waals surface area contributed by atoms with Gasteiger partial charge in [0.15, 0.2) is 5.96 Å². The number of aryl methyl sites for hydroxylation is 1. The molecule has 0 radical (unpaired) electrons. The van der Waals surface area contributed by atoms with Crippen LogP contribution in [0.15, 0.2) is 35.7 Å². The van der Waals surface area contributed by atoms with E-state index in [2.05, 4.69) is 37.8 Å². The maximum atomic E-state index is 11.9. The minimum absolute atomic E-state index is 0.131. The first-order valence-electron chi connectivity index (χ1n) is 7.79. The predicted molar refractivity (Wildman–Crippen MR) is 97.4 cm³/mol. The van der Waals surface area contributed by atoms with E-state index >= 15 is 0 Å². The number of aromatic nitrogens is 2. The highest BCUT2D eigenvalue weighted by Crippen LogP contribution is 2.13. The van der Waals surface area contributed by atoms with Crippen molar-refractivity contribution in [1.82, 2.24) is 20.6 Å². The Bertz CT molecular complexity index is 670. The van der Waals surface area contributed by atoms with Gasteiger partial charge in [-0.15, -0.1) is 11.3 Å². The van der Waals surface area contributed by atoms with E-state index in [9.17, 15) is 4.79 Å². The second-order valence-electron chi connectivity index (χ2n) is 4.97. The summed E-state index contributed by atoms with van der Waals surface area (Å²) >= 11 is 1.73. The highest BCUT2D eigenvalue weighted by Gasteiger charge is 2.05. The number of aliphatic imine (C=N–C) groups is 1. The molecular formula is C16H22N6OS. The molecule has 2 aromatic heterocycles. The third kappa shape index (κ3) is 5.96. The molecule has 0 saturated carbocycles. The lowest BCUT2D eigenvalue weighted by atomic mass is 10.4. The van der Waals surface area contributed by atoms with Gasteiger partial charge in [-0.3, -0.25) is 14.8 Å². The molecule has 1 amide bonds. The van der Waals surface area contributed by atoms with Crippen LogP contribution in [0.1, 0.15) is 16.8 Å². The molecule has 0 aliphatic heterocycles. The van der Waals surface area contributed by atoms with Gasteiger partial charge in [0.05, 0.1) is 23.4 Å². The van der Waals surface area contributed by atoms with Crippen LogP contribution in [-0.2, 0) is 17.6 Å². The Balaban J connectivity index is 1.69. The largest absolute Gasteiger partial charge is 0.356 e. The van der Waals surface area contributed by atoms with Crippen LogP contribution in [0.3, 0.4) is 0 Å². The summed E-state index contributed by atoms with van der Waals surface area (Å²) in [4.78, 5) is 25.6. The van der Waals surface area contributed by atoms with Gasteiger partial charge in [0.2, 0.25) is 5.91 Å². The van der Waals surface area contributed by atoms with Crippen molar-refractivity contribution in [2.75, 3.05) is 25.5 Å². The van der Waals surface area contributed by atoms with Crippen molar-refractivity contribution < 1.29 is 4.79 Å². The van der Waals surface area contributed by atoms with E-state index < -0.39 is 0 Å². The molecule has 0 bridgehead atoms. The number of hydrogen-bond donors (Lipinski definition) is 3. The molecule has 24 heavy (non-hydrogen) atoms. The zero-order valence-electron chi connectivity index (χ0n) is 13.9. The lowest BCUT2D eigenvalue weighted by Crippen LogP contribution is -2.42. The quantitative estimate of drug-likeness (QED) is 0.521. The number of nitrogens with one attached hydrogen (secondary N) is 3. The SMILES string of the molecule is CCc1cnc(CCNC(=NC)NCC(=O)Nc2cccnc2)s1. The normalized spacial score (nSPS) is 11.2. The summed E-state index contributed by atoms with van der Waals surface area (Å²) in [6.07, 6.45) is 7.03. The van der Waals surface area contributed by atoms with E-state index in [1.54, 1.807) is 42.9 Å². The number of thiazole rings is 1. The lowest BCUT2D eigenvalue weighted by Gasteiger charge is -2.11. The van der Waals surface area contributed by atoms with Gasteiger partial charge in [0.25, 0.3) is 0 Å². The van der Waals surface area contributed by atoms with E-state index in [-0.39, 0.29) is 12.5 Å². The van der Waals surface area contributed by atoms with Crippen LogP contribution >= 0.6 is 11.3 Å². The molecule has 0 spiro atoms. The Morgan fingerprint density at radius 3 is 2.88 bits per heavy atom. The maximum absolute atomic E-state index is 11.9. The first kappa shape index (κ1) is 17.9.